The largest absolute Gasteiger partial charge is 0.396 e. The molecule has 1 fully saturated rings. The predicted octanol–water partition coefficient (Wildman–Crippen LogP) is 3.86. The van der Waals surface area contributed by atoms with Crippen LogP contribution in [0.5, 0.6) is 0 Å². The topological polar surface area (TPSA) is 20.2 Å². The summed E-state index contributed by atoms with van der Waals surface area (Å²) in [6.07, 6.45) is 5.27. The average Bonchev–Trinajstić information content (AvgIpc) is 2.24. The van der Waals surface area contributed by atoms with Crippen LogP contribution in [0.25, 0.3) is 0 Å². The van der Waals surface area contributed by atoms with Gasteiger partial charge in [0.1, 0.15) is 0 Å². The van der Waals surface area contributed by atoms with Crippen molar-refractivity contribution in [1.29, 1.82) is 0 Å². The molecule has 1 nitrogen and oxygen atoms in total. The van der Waals surface area contributed by atoms with Crippen LogP contribution in [-0.2, 0) is 0 Å². The molecule has 0 heterocycles. The van der Waals surface area contributed by atoms with Crippen LogP contribution in [0.15, 0.2) is 0 Å². The van der Waals surface area contributed by atoms with E-state index in [1.807, 2.05) is 27.7 Å². The fourth-order valence-corrected chi connectivity index (χ4v) is 1.66. The van der Waals surface area contributed by atoms with Gasteiger partial charge in [0.15, 0.2) is 0 Å². The van der Waals surface area contributed by atoms with Gasteiger partial charge in [-0.25, -0.2) is 0 Å². The van der Waals surface area contributed by atoms with E-state index in [0.29, 0.717) is 12.5 Å². The van der Waals surface area contributed by atoms with E-state index in [1.165, 1.54) is 25.7 Å². The summed E-state index contributed by atoms with van der Waals surface area (Å²) in [6, 6.07) is 0. The van der Waals surface area contributed by atoms with Crippen LogP contribution in [-0.4, -0.2) is 11.7 Å². The number of hydrogen-bond donors (Lipinski definition) is 1. The summed E-state index contributed by atoms with van der Waals surface area (Å²) in [4.78, 5) is 0. The maximum atomic E-state index is 8.86. The number of aliphatic hydroxyl groups excluding tert-OH is 1. The number of aliphatic hydroxyl groups is 1. The van der Waals surface area contributed by atoms with Crippen molar-refractivity contribution in [2.45, 2.75) is 60.3 Å². The highest BCUT2D eigenvalue weighted by molar-refractivity contribution is 4.70. The molecule has 1 aliphatic rings. The van der Waals surface area contributed by atoms with Gasteiger partial charge in [0.05, 0.1) is 0 Å². The molecule has 0 aromatic rings. The normalized spacial score (nSPS) is 26.3. The maximum Gasteiger partial charge on any atom is 0.0461 e. The number of hydrogen-bond acceptors (Lipinski definition) is 1. The van der Waals surface area contributed by atoms with E-state index in [1.54, 1.807) is 0 Å². The summed E-state index contributed by atoms with van der Waals surface area (Å²) in [7, 11) is 0. The molecule has 0 spiro atoms. The molecule has 0 aromatic carbocycles. The Bertz CT molecular complexity index is 81.2. The van der Waals surface area contributed by atoms with E-state index in [-0.39, 0.29) is 0 Å². The molecule has 1 heteroatoms. The second-order valence-electron chi connectivity index (χ2n) is 3.20. The smallest absolute Gasteiger partial charge is 0.0461 e. The Balaban J connectivity index is 0. The molecule has 82 valence electrons. The number of rotatable bonds is 1. The molecule has 0 aliphatic heterocycles. The van der Waals surface area contributed by atoms with Gasteiger partial charge in [0, 0.05) is 6.61 Å². The van der Waals surface area contributed by atoms with E-state index < -0.39 is 0 Å². The van der Waals surface area contributed by atoms with Crippen LogP contribution >= 0.6 is 0 Å². The van der Waals surface area contributed by atoms with Gasteiger partial charge in [-0.15, -0.1) is 0 Å². The molecule has 0 unspecified atom stereocenters. The van der Waals surface area contributed by atoms with Crippen LogP contribution < -0.4 is 0 Å². The Morgan fingerprint density at radius 3 is 1.77 bits per heavy atom. The van der Waals surface area contributed by atoms with Crippen molar-refractivity contribution in [2.75, 3.05) is 6.61 Å². The minimum atomic E-state index is 0.404. The quantitative estimate of drug-likeness (QED) is 0.662. The molecule has 13 heavy (non-hydrogen) atoms. The van der Waals surface area contributed by atoms with Crippen LogP contribution in [0.4, 0.5) is 0 Å². The molecule has 1 N–H and O–H groups in total. The minimum absolute atomic E-state index is 0.404. The van der Waals surface area contributed by atoms with E-state index >= 15 is 0 Å². The highest BCUT2D eigenvalue weighted by Gasteiger charge is 2.19. The van der Waals surface area contributed by atoms with Gasteiger partial charge >= 0.3 is 0 Å². The van der Waals surface area contributed by atoms with Crippen molar-refractivity contribution in [3.05, 3.63) is 0 Å². The van der Waals surface area contributed by atoms with Gasteiger partial charge in [0.2, 0.25) is 0 Å². The zero-order valence-corrected chi connectivity index (χ0v) is 10.1. The van der Waals surface area contributed by atoms with Crippen LogP contribution in [0.3, 0.4) is 0 Å². The molecule has 1 aliphatic carbocycles. The van der Waals surface area contributed by atoms with E-state index in [0.717, 1.165) is 5.92 Å². The standard InChI is InChI=1S/C8H16O.2C2H6/c1-7-4-2-3-5-8(7)6-9;2*1-2/h7-9H,2-6H2,1H3;2*1-2H3/t7-,8+;;/m0../s1. The zero-order valence-electron chi connectivity index (χ0n) is 10.1. The van der Waals surface area contributed by atoms with Crippen LogP contribution in [0.2, 0.25) is 0 Å². The van der Waals surface area contributed by atoms with Crippen molar-refractivity contribution >= 4 is 0 Å². The van der Waals surface area contributed by atoms with Crippen LogP contribution in [0.1, 0.15) is 60.3 Å². The molecule has 1 saturated carbocycles. The van der Waals surface area contributed by atoms with Gasteiger partial charge in [-0.1, -0.05) is 53.9 Å². The van der Waals surface area contributed by atoms with Gasteiger partial charge in [0.25, 0.3) is 0 Å². The third-order valence-corrected chi connectivity index (χ3v) is 2.52. The predicted molar refractivity (Wildman–Crippen MR) is 60.9 cm³/mol. The first-order chi connectivity index (χ1) is 6.34. The molecular formula is C12H28O. The Morgan fingerprint density at radius 2 is 1.46 bits per heavy atom. The lowest BCUT2D eigenvalue weighted by atomic mass is 9.81. The first-order valence-electron chi connectivity index (χ1n) is 5.95. The summed E-state index contributed by atoms with van der Waals surface area (Å²) < 4.78 is 0. The Morgan fingerprint density at radius 1 is 1.00 bits per heavy atom. The van der Waals surface area contributed by atoms with E-state index in [4.69, 9.17) is 5.11 Å². The average molecular weight is 188 g/mol. The minimum Gasteiger partial charge on any atom is -0.396 e. The fourth-order valence-electron chi connectivity index (χ4n) is 1.66. The first kappa shape index (κ1) is 15.4. The summed E-state index contributed by atoms with van der Waals surface area (Å²) in [6.45, 7) is 10.7. The third-order valence-electron chi connectivity index (χ3n) is 2.52. The lowest BCUT2D eigenvalue weighted by molar-refractivity contribution is 0.144. The van der Waals surface area contributed by atoms with E-state index in [9.17, 15) is 0 Å². The second kappa shape index (κ2) is 12.0. The Kier molecular flexibility index (Phi) is 14.2. The van der Waals surface area contributed by atoms with Crippen molar-refractivity contribution in [3.63, 3.8) is 0 Å². The Hall–Kier alpha value is -0.0400. The van der Waals surface area contributed by atoms with E-state index in [2.05, 4.69) is 6.92 Å². The highest BCUT2D eigenvalue weighted by atomic mass is 16.3. The summed E-state index contributed by atoms with van der Waals surface area (Å²) in [5.41, 5.74) is 0. The molecular weight excluding hydrogens is 160 g/mol. The molecule has 0 radical (unpaired) electrons. The molecule has 0 amide bonds. The molecule has 0 bridgehead atoms. The molecule has 1 rings (SSSR count). The van der Waals surface area contributed by atoms with Gasteiger partial charge in [-0.2, -0.15) is 0 Å². The molecule has 0 saturated heterocycles. The lowest BCUT2D eigenvalue weighted by Crippen LogP contribution is -2.19. The monoisotopic (exact) mass is 188 g/mol. The third kappa shape index (κ3) is 7.06. The highest BCUT2D eigenvalue weighted by Crippen LogP contribution is 2.28. The van der Waals surface area contributed by atoms with Gasteiger partial charge in [-0.05, 0) is 18.3 Å². The van der Waals surface area contributed by atoms with Gasteiger partial charge < -0.3 is 5.11 Å². The SMILES string of the molecule is CC.CC.C[C@H]1CCCC[C@@H]1CO. The lowest BCUT2D eigenvalue weighted by Gasteiger charge is -2.26. The van der Waals surface area contributed by atoms with Crippen LogP contribution in [0, 0.1) is 11.8 Å². The van der Waals surface area contributed by atoms with Crippen molar-refractivity contribution in [3.8, 4) is 0 Å². The van der Waals surface area contributed by atoms with Crippen molar-refractivity contribution in [1.82, 2.24) is 0 Å². The fraction of sp³-hybridized carbons (Fsp3) is 1.00. The first-order valence-corrected chi connectivity index (χ1v) is 5.95. The Labute approximate surface area is 84.6 Å². The summed E-state index contributed by atoms with van der Waals surface area (Å²) in [5.74, 6) is 1.38. The van der Waals surface area contributed by atoms with Crippen molar-refractivity contribution in [2.24, 2.45) is 11.8 Å². The maximum absolute atomic E-state index is 8.86. The second-order valence-corrected chi connectivity index (χ2v) is 3.20. The molecule has 0 aromatic heterocycles. The summed E-state index contributed by atoms with van der Waals surface area (Å²) >= 11 is 0. The zero-order chi connectivity index (χ0) is 10.7. The molecule has 2 atom stereocenters. The van der Waals surface area contributed by atoms with Crippen molar-refractivity contribution < 1.29 is 5.11 Å². The van der Waals surface area contributed by atoms with Gasteiger partial charge in [-0.3, -0.25) is 0 Å². The summed E-state index contributed by atoms with van der Waals surface area (Å²) in [5, 5.41) is 8.86.